The molecule has 0 saturated heterocycles. The van der Waals surface area contributed by atoms with Crippen molar-refractivity contribution in [3.63, 3.8) is 0 Å². The summed E-state index contributed by atoms with van der Waals surface area (Å²) in [5, 5.41) is 0. The first kappa shape index (κ1) is 8.62. The molecule has 4 heteroatoms. The number of aromatic nitrogens is 2. The molecule has 0 N–H and O–H groups in total. The molecule has 2 aromatic rings. The highest BCUT2D eigenvalue weighted by atomic mass is 16.3. The minimum Gasteiger partial charge on any atom is -0.461 e. The van der Waals surface area contributed by atoms with Gasteiger partial charge < -0.3 is 4.42 Å². The maximum absolute atomic E-state index is 11.5. The van der Waals surface area contributed by atoms with Gasteiger partial charge in [0.2, 0.25) is 5.78 Å². The summed E-state index contributed by atoms with van der Waals surface area (Å²) in [6, 6.07) is 3.32. The standard InChI is InChI=1S/C10H8N2O2/c13-9(10-2-1-5-14-10)6-8-7-11-3-4-12-8/h1-5,7H,6H2. The summed E-state index contributed by atoms with van der Waals surface area (Å²) in [6.45, 7) is 0. The number of furan rings is 1. The van der Waals surface area contributed by atoms with Crippen LogP contribution in [0.25, 0.3) is 0 Å². The van der Waals surface area contributed by atoms with E-state index in [9.17, 15) is 4.79 Å². The predicted octanol–water partition coefficient (Wildman–Crippen LogP) is 1.49. The molecule has 0 aliphatic rings. The number of carbonyl (C=O) groups excluding carboxylic acids is 1. The van der Waals surface area contributed by atoms with Gasteiger partial charge in [0, 0.05) is 18.6 Å². The van der Waals surface area contributed by atoms with E-state index in [0.29, 0.717) is 11.5 Å². The fourth-order valence-corrected chi connectivity index (χ4v) is 1.11. The normalized spacial score (nSPS) is 10.0. The Hall–Kier alpha value is -1.97. The van der Waals surface area contributed by atoms with Gasteiger partial charge in [-0.15, -0.1) is 0 Å². The molecule has 2 heterocycles. The van der Waals surface area contributed by atoms with Gasteiger partial charge >= 0.3 is 0 Å². The highest BCUT2D eigenvalue weighted by molar-refractivity contribution is 5.94. The molecule has 2 aromatic heterocycles. The summed E-state index contributed by atoms with van der Waals surface area (Å²) in [4.78, 5) is 19.4. The molecule has 0 bridgehead atoms. The van der Waals surface area contributed by atoms with Crippen LogP contribution in [-0.2, 0) is 6.42 Å². The maximum Gasteiger partial charge on any atom is 0.203 e. The first-order valence-electron chi connectivity index (χ1n) is 4.18. The lowest BCUT2D eigenvalue weighted by molar-refractivity contribution is 0.0965. The van der Waals surface area contributed by atoms with Gasteiger partial charge in [-0.25, -0.2) is 0 Å². The molecule has 14 heavy (non-hydrogen) atoms. The Kier molecular flexibility index (Phi) is 2.36. The van der Waals surface area contributed by atoms with Gasteiger partial charge in [-0.2, -0.15) is 0 Å². The third-order valence-corrected chi connectivity index (χ3v) is 1.75. The molecule has 2 rings (SSSR count). The Labute approximate surface area is 80.6 Å². The Morgan fingerprint density at radius 2 is 2.36 bits per heavy atom. The van der Waals surface area contributed by atoms with E-state index in [0.717, 1.165) is 0 Å². The Morgan fingerprint density at radius 3 is 3.00 bits per heavy atom. The monoisotopic (exact) mass is 188 g/mol. The quantitative estimate of drug-likeness (QED) is 0.685. The number of rotatable bonds is 3. The van der Waals surface area contributed by atoms with E-state index in [1.807, 2.05) is 0 Å². The summed E-state index contributed by atoms with van der Waals surface area (Å²) in [6.07, 6.45) is 6.40. The average Bonchev–Trinajstić information content (AvgIpc) is 2.72. The van der Waals surface area contributed by atoms with Gasteiger partial charge in [-0.3, -0.25) is 14.8 Å². The van der Waals surface area contributed by atoms with Crippen molar-refractivity contribution >= 4 is 5.78 Å². The van der Waals surface area contributed by atoms with Crippen LogP contribution in [0.1, 0.15) is 16.2 Å². The van der Waals surface area contributed by atoms with Gasteiger partial charge in [0.25, 0.3) is 0 Å². The highest BCUT2D eigenvalue weighted by Gasteiger charge is 2.09. The Balaban J connectivity index is 2.10. The molecule has 0 fully saturated rings. The SMILES string of the molecule is O=C(Cc1cnccn1)c1ccco1. The lowest BCUT2D eigenvalue weighted by atomic mass is 10.2. The highest BCUT2D eigenvalue weighted by Crippen LogP contribution is 2.05. The van der Waals surface area contributed by atoms with Crippen molar-refractivity contribution in [2.24, 2.45) is 0 Å². The van der Waals surface area contributed by atoms with Gasteiger partial charge in [0.05, 0.1) is 18.4 Å². The van der Waals surface area contributed by atoms with Gasteiger partial charge in [0.1, 0.15) is 0 Å². The smallest absolute Gasteiger partial charge is 0.203 e. The third kappa shape index (κ3) is 1.85. The van der Waals surface area contributed by atoms with Crippen molar-refractivity contribution in [3.05, 3.63) is 48.4 Å². The van der Waals surface area contributed by atoms with E-state index < -0.39 is 0 Å². The molecule has 70 valence electrons. The van der Waals surface area contributed by atoms with Crippen LogP contribution in [-0.4, -0.2) is 15.8 Å². The molecular formula is C10H8N2O2. The number of carbonyl (C=O) groups is 1. The van der Waals surface area contributed by atoms with Gasteiger partial charge in [-0.1, -0.05) is 0 Å². The van der Waals surface area contributed by atoms with Crippen molar-refractivity contribution in [2.45, 2.75) is 6.42 Å². The third-order valence-electron chi connectivity index (χ3n) is 1.75. The summed E-state index contributed by atoms with van der Waals surface area (Å²) >= 11 is 0. The van der Waals surface area contributed by atoms with Crippen molar-refractivity contribution in [2.75, 3.05) is 0 Å². The molecule has 0 radical (unpaired) electrons. The molecule has 0 saturated carbocycles. The zero-order chi connectivity index (χ0) is 9.80. The van der Waals surface area contributed by atoms with Crippen LogP contribution in [0.5, 0.6) is 0 Å². The largest absolute Gasteiger partial charge is 0.461 e. The molecule has 0 aromatic carbocycles. The van der Waals surface area contributed by atoms with Crippen LogP contribution in [0.2, 0.25) is 0 Å². The summed E-state index contributed by atoms with van der Waals surface area (Å²) < 4.78 is 4.97. The van der Waals surface area contributed by atoms with Gasteiger partial charge in [0.15, 0.2) is 5.76 Å². The second-order valence-electron chi connectivity index (χ2n) is 2.77. The molecule has 0 amide bonds. The lowest BCUT2D eigenvalue weighted by Gasteiger charge is -1.95. The fraction of sp³-hybridized carbons (Fsp3) is 0.100. The maximum atomic E-state index is 11.5. The lowest BCUT2D eigenvalue weighted by Crippen LogP contribution is -2.03. The Morgan fingerprint density at radius 1 is 1.43 bits per heavy atom. The van der Waals surface area contributed by atoms with Crippen molar-refractivity contribution in [1.29, 1.82) is 0 Å². The Bertz CT molecular complexity index is 409. The van der Waals surface area contributed by atoms with E-state index in [2.05, 4.69) is 9.97 Å². The van der Waals surface area contributed by atoms with E-state index in [-0.39, 0.29) is 12.2 Å². The van der Waals surface area contributed by atoms with E-state index in [4.69, 9.17) is 4.42 Å². The zero-order valence-electron chi connectivity index (χ0n) is 7.38. The summed E-state index contributed by atoms with van der Waals surface area (Å²) in [5.74, 6) is 0.270. The fourth-order valence-electron chi connectivity index (χ4n) is 1.11. The molecule has 0 aliphatic carbocycles. The molecule has 0 spiro atoms. The zero-order valence-corrected chi connectivity index (χ0v) is 7.38. The molecule has 0 atom stereocenters. The first-order valence-corrected chi connectivity index (χ1v) is 4.18. The molecule has 0 unspecified atom stereocenters. The molecule has 4 nitrogen and oxygen atoms in total. The van der Waals surface area contributed by atoms with Crippen LogP contribution in [0.15, 0.2) is 41.4 Å². The van der Waals surface area contributed by atoms with E-state index in [1.54, 1.807) is 30.7 Å². The molecular weight excluding hydrogens is 180 g/mol. The van der Waals surface area contributed by atoms with E-state index in [1.165, 1.54) is 6.26 Å². The van der Waals surface area contributed by atoms with Crippen LogP contribution in [0.4, 0.5) is 0 Å². The summed E-state index contributed by atoms with van der Waals surface area (Å²) in [5.41, 5.74) is 0.647. The van der Waals surface area contributed by atoms with Crippen molar-refractivity contribution < 1.29 is 9.21 Å². The number of Topliss-reactive ketones (excluding diaryl/α,β-unsaturated/α-hetero) is 1. The molecule has 0 aliphatic heterocycles. The van der Waals surface area contributed by atoms with Crippen LogP contribution < -0.4 is 0 Å². The second kappa shape index (κ2) is 3.83. The van der Waals surface area contributed by atoms with Gasteiger partial charge in [-0.05, 0) is 12.1 Å². The topological polar surface area (TPSA) is 56.0 Å². The number of ketones is 1. The van der Waals surface area contributed by atoms with Crippen LogP contribution >= 0.6 is 0 Å². The first-order chi connectivity index (χ1) is 6.86. The van der Waals surface area contributed by atoms with Crippen molar-refractivity contribution in [1.82, 2.24) is 9.97 Å². The average molecular weight is 188 g/mol. The number of hydrogen-bond donors (Lipinski definition) is 0. The van der Waals surface area contributed by atoms with Crippen LogP contribution in [0, 0.1) is 0 Å². The van der Waals surface area contributed by atoms with Crippen LogP contribution in [0.3, 0.4) is 0 Å². The second-order valence-corrected chi connectivity index (χ2v) is 2.77. The van der Waals surface area contributed by atoms with Crippen molar-refractivity contribution in [3.8, 4) is 0 Å². The van der Waals surface area contributed by atoms with E-state index >= 15 is 0 Å². The number of nitrogens with zero attached hydrogens (tertiary/aromatic N) is 2. The number of hydrogen-bond acceptors (Lipinski definition) is 4. The summed E-state index contributed by atoms with van der Waals surface area (Å²) in [7, 11) is 0. The minimum absolute atomic E-state index is 0.0875. The minimum atomic E-state index is -0.0875. The predicted molar refractivity (Wildman–Crippen MR) is 48.8 cm³/mol.